The van der Waals surface area contributed by atoms with Gasteiger partial charge in [-0.2, -0.15) is 8.75 Å². The lowest BCUT2D eigenvalue weighted by Gasteiger charge is -2.05. The maximum Gasteiger partial charge on any atom is 0.252 e. The summed E-state index contributed by atoms with van der Waals surface area (Å²) < 4.78 is 13.9. The number of benzene rings is 2. The third-order valence-electron chi connectivity index (χ3n) is 3.87. The van der Waals surface area contributed by atoms with E-state index < -0.39 is 0 Å². The minimum absolute atomic E-state index is 0.196. The molecule has 6 nitrogen and oxygen atoms in total. The van der Waals surface area contributed by atoms with Crippen LogP contribution in [-0.2, 0) is 0 Å². The Balaban J connectivity index is 1.31. The topological polar surface area (TPSA) is 77.0 Å². The Labute approximate surface area is 159 Å². The van der Waals surface area contributed by atoms with Crippen LogP contribution in [0, 0.1) is 11.8 Å². The predicted molar refractivity (Wildman–Crippen MR) is 105 cm³/mol. The molecule has 7 heteroatoms. The van der Waals surface area contributed by atoms with Gasteiger partial charge < -0.3 is 10.1 Å². The van der Waals surface area contributed by atoms with E-state index in [0.29, 0.717) is 11.3 Å². The normalized spacial score (nSPS) is 10.4. The van der Waals surface area contributed by atoms with Crippen molar-refractivity contribution in [3.05, 3.63) is 60.3 Å². The van der Waals surface area contributed by atoms with E-state index in [1.54, 1.807) is 24.4 Å². The first-order valence-electron chi connectivity index (χ1n) is 8.24. The minimum atomic E-state index is -0.196. The van der Waals surface area contributed by atoms with E-state index in [0.717, 1.165) is 33.7 Å². The van der Waals surface area contributed by atoms with Gasteiger partial charge in [0.1, 0.15) is 28.9 Å². The molecule has 4 rings (SSSR count). The number of ether oxygens (including phenoxy) is 1. The van der Waals surface area contributed by atoms with Crippen molar-refractivity contribution in [3.8, 4) is 17.6 Å². The summed E-state index contributed by atoms with van der Waals surface area (Å²) in [7, 11) is 0. The van der Waals surface area contributed by atoms with Crippen LogP contribution in [-0.4, -0.2) is 32.8 Å². The molecule has 0 radical (unpaired) electrons. The van der Waals surface area contributed by atoms with Gasteiger partial charge in [0, 0.05) is 17.1 Å². The molecule has 0 saturated carbocycles. The molecule has 0 saturated heterocycles. The van der Waals surface area contributed by atoms with Gasteiger partial charge in [-0.05, 0) is 30.3 Å². The van der Waals surface area contributed by atoms with Crippen LogP contribution in [0.2, 0.25) is 0 Å². The number of nitrogens with one attached hydrogen (secondary N) is 1. The Morgan fingerprint density at radius 1 is 1.07 bits per heavy atom. The molecule has 0 aliphatic heterocycles. The van der Waals surface area contributed by atoms with Crippen LogP contribution >= 0.6 is 11.7 Å². The van der Waals surface area contributed by atoms with Gasteiger partial charge in [-0.25, -0.2) is 0 Å². The van der Waals surface area contributed by atoms with Crippen molar-refractivity contribution in [2.24, 2.45) is 0 Å². The molecule has 0 spiro atoms. The molecule has 1 amide bonds. The Kier molecular flexibility index (Phi) is 4.90. The zero-order valence-corrected chi connectivity index (χ0v) is 15.0. The highest BCUT2D eigenvalue weighted by Crippen LogP contribution is 2.22. The van der Waals surface area contributed by atoms with Crippen LogP contribution in [0.15, 0.2) is 54.7 Å². The Morgan fingerprint density at radius 2 is 1.96 bits per heavy atom. The van der Waals surface area contributed by atoms with E-state index in [2.05, 4.69) is 30.9 Å². The van der Waals surface area contributed by atoms with E-state index in [-0.39, 0.29) is 19.1 Å². The summed E-state index contributed by atoms with van der Waals surface area (Å²) >= 11 is 1.13. The molecule has 2 heterocycles. The first-order chi connectivity index (χ1) is 13.3. The maximum absolute atomic E-state index is 12.1. The van der Waals surface area contributed by atoms with Crippen molar-refractivity contribution in [1.29, 1.82) is 0 Å². The van der Waals surface area contributed by atoms with Gasteiger partial charge in [-0.15, -0.1) is 0 Å². The summed E-state index contributed by atoms with van der Waals surface area (Å²) in [5.74, 6) is 6.27. The zero-order chi connectivity index (χ0) is 18.5. The van der Waals surface area contributed by atoms with Crippen LogP contribution in [0.5, 0.6) is 5.75 Å². The van der Waals surface area contributed by atoms with Crippen LogP contribution in [0.25, 0.3) is 21.9 Å². The lowest BCUT2D eigenvalue weighted by molar-refractivity contribution is 0.0959. The van der Waals surface area contributed by atoms with E-state index in [1.165, 1.54) is 0 Å². The fourth-order valence-corrected chi connectivity index (χ4v) is 3.09. The number of para-hydroxylation sites is 1. The molecule has 2 aromatic carbocycles. The third kappa shape index (κ3) is 3.86. The van der Waals surface area contributed by atoms with Gasteiger partial charge in [0.2, 0.25) is 0 Å². The number of nitrogens with zero attached hydrogens (tertiary/aromatic N) is 3. The number of amides is 1. The predicted octanol–water partition coefficient (Wildman–Crippen LogP) is 3.05. The third-order valence-corrected chi connectivity index (χ3v) is 4.43. The first-order valence-corrected chi connectivity index (χ1v) is 8.97. The molecule has 2 aromatic heterocycles. The molecule has 132 valence electrons. The number of aromatic nitrogens is 3. The molecular weight excluding hydrogens is 360 g/mol. The fraction of sp³-hybridized carbons (Fsp3) is 0.100. The van der Waals surface area contributed by atoms with E-state index in [1.807, 2.05) is 30.3 Å². The summed E-state index contributed by atoms with van der Waals surface area (Å²) in [6.07, 6.45) is 1.73. The standard InChI is InChI=1S/C20H14N4O2S/c25-20(15-8-9-16-17(13-15)24-27-23-16)22-10-1-2-12-26-18-7-3-5-14-6-4-11-21-19(14)18/h3-9,11,13H,10,12H2,(H,22,25). The van der Waals surface area contributed by atoms with Crippen molar-refractivity contribution in [3.63, 3.8) is 0 Å². The van der Waals surface area contributed by atoms with Crippen molar-refractivity contribution in [2.45, 2.75) is 0 Å². The SMILES string of the molecule is O=C(NCC#CCOc1cccc2cccnc12)c1ccc2nsnc2c1. The maximum atomic E-state index is 12.1. The largest absolute Gasteiger partial charge is 0.479 e. The van der Waals surface area contributed by atoms with Gasteiger partial charge in [0.05, 0.1) is 18.3 Å². The zero-order valence-electron chi connectivity index (χ0n) is 14.2. The summed E-state index contributed by atoms with van der Waals surface area (Å²) in [4.78, 5) is 16.5. The molecular formula is C20H14N4O2S. The van der Waals surface area contributed by atoms with Crippen LogP contribution in [0.3, 0.4) is 0 Å². The molecule has 1 N–H and O–H groups in total. The molecule has 0 fully saturated rings. The second-order valence-electron chi connectivity index (χ2n) is 5.62. The van der Waals surface area contributed by atoms with Crippen LogP contribution in [0.4, 0.5) is 0 Å². The number of fused-ring (bicyclic) bond motifs is 2. The Bertz CT molecular complexity index is 1170. The Morgan fingerprint density at radius 3 is 2.93 bits per heavy atom. The monoisotopic (exact) mass is 374 g/mol. The summed E-state index contributed by atoms with van der Waals surface area (Å²) in [6.45, 7) is 0.464. The van der Waals surface area contributed by atoms with Gasteiger partial charge in [0.25, 0.3) is 5.91 Å². The van der Waals surface area contributed by atoms with Crippen molar-refractivity contribution >= 4 is 39.6 Å². The molecule has 4 aromatic rings. The van der Waals surface area contributed by atoms with Crippen molar-refractivity contribution in [2.75, 3.05) is 13.2 Å². The van der Waals surface area contributed by atoms with Gasteiger partial charge in [-0.3, -0.25) is 9.78 Å². The quantitative estimate of drug-likeness (QED) is 0.556. The number of rotatable bonds is 4. The molecule has 0 unspecified atom stereocenters. The second-order valence-corrected chi connectivity index (χ2v) is 6.15. The van der Waals surface area contributed by atoms with Crippen LogP contribution < -0.4 is 10.1 Å². The highest BCUT2D eigenvalue weighted by molar-refractivity contribution is 7.00. The first kappa shape index (κ1) is 16.9. The molecule has 0 aliphatic carbocycles. The molecule has 27 heavy (non-hydrogen) atoms. The fourth-order valence-electron chi connectivity index (χ4n) is 2.57. The van der Waals surface area contributed by atoms with Gasteiger partial charge in [-0.1, -0.05) is 30.0 Å². The average Bonchev–Trinajstić information content (AvgIpc) is 3.18. The van der Waals surface area contributed by atoms with Gasteiger partial charge in [0.15, 0.2) is 0 Å². The highest BCUT2D eigenvalue weighted by Gasteiger charge is 2.07. The second kappa shape index (κ2) is 7.81. The van der Waals surface area contributed by atoms with Crippen LogP contribution in [0.1, 0.15) is 10.4 Å². The van der Waals surface area contributed by atoms with Gasteiger partial charge >= 0.3 is 0 Å². The summed E-state index contributed by atoms with van der Waals surface area (Å²) in [5.41, 5.74) is 2.85. The Hall–Kier alpha value is -3.50. The van der Waals surface area contributed by atoms with E-state index in [9.17, 15) is 4.79 Å². The summed E-state index contributed by atoms with van der Waals surface area (Å²) in [5, 5.41) is 3.78. The summed E-state index contributed by atoms with van der Waals surface area (Å²) in [6, 6.07) is 14.9. The van der Waals surface area contributed by atoms with Crippen molar-refractivity contribution in [1.82, 2.24) is 19.0 Å². The van der Waals surface area contributed by atoms with E-state index >= 15 is 0 Å². The number of carbonyl (C=O) groups excluding carboxylic acids is 1. The smallest absolute Gasteiger partial charge is 0.252 e. The number of pyridine rings is 1. The average molecular weight is 374 g/mol. The molecule has 0 aliphatic rings. The minimum Gasteiger partial charge on any atom is -0.479 e. The lowest BCUT2D eigenvalue weighted by atomic mass is 10.2. The number of carbonyl (C=O) groups is 1. The van der Waals surface area contributed by atoms with E-state index in [4.69, 9.17) is 4.74 Å². The lowest BCUT2D eigenvalue weighted by Crippen LogP contribution is -2.23. The number of hydrogen-bond acceptors (Lipinski definition) is 6. The molecule has 0 atom stereocenters. The van der Waals surface area contributed by atoms with Crippen molar-refractivity contribution < 1.29 is 9.53 Å². The highest BCUT2D eigenvalue weighted by atomic mass is 32.1. The molecule has 0 bridgehead atoms. The number of hydrogen-bond donors (Lipinski definition) is 1.